The van der Waals surface area contributed by atoms with Crippen LogP contribution in [0.3, 0.4) is 0 Å². The van der Waals surface area contributed by atoms with Gasteiger partial charge in [0.25, 0.3) is 0 Å². The van der Waals surface area contributed by atoms with E-state index in [9.17, 15) is 9.90 Å². The highest BCUT2D eigenvalue weighted by atomic mass is 16.5. The lowest BCUT2D eigenvalue weighted by Crippen LogP contribution is -2.53. The van der Waals surface area contributed by atoms with Crippen LogP contribution < -0.4 is 0 Å². The van der Waals surface area contributed by atoms with Gasteiger partial charge >= 0.3 is 5.97 Å². The summed E-state index contributed by atoms with van der Waals surface area (Å²) in [6.45, 7) is 16.1. The third kappa shape index (κ3) is 4.45. The molecule has 0 radical (unpaired) electrons. The number of esters is 1. The van der Waals surface area contributed by atoms with Gasteiger partial charge in [0.1, 0.15) is 6.10 Å². The Kier molecular flexibility index (Phi) is 7.14. The summed E-state index contributed by atoms with van der Waals surface area (Å²) in [5, 5.41) is 11.7. The zero-order valence-electron chi connectivity index (χ0n) is 22.5. The lowest BCUT2D eigenvalue weighted by molar-refractivity contribution is -0.154. The standard InChI is InChI=1S/C30H50O3/c1-18(2)19(3)8-9-20(4)25-12-13-26-24-11-10-22-16-23(33-21(5)31)14-15-29(22,6)28(24)27(32)17-30(25,26)7/h18-20,22-23,25,27-28,32H,8-17H2,1-7H3/t19-,20+,22-,23?,25?,27?,28?,29?,30?/m0/s1. The first kappa shape index (κ1) is 25.3. The minimum atomic E-state index is -0.228. The van der Waals surface area contributed by atoms with E-state index in [0.29, 0.717) is 17.8 Å². The number of allylic oxidation sites excluding steroid dienone is 1. The van der Waals surface area contributed by atoms with Crippen molar-refractivity contribution in [3.05, 3.63) is 11.1 Å². The van der Waals surface area contributed by atoms with Crippen molar-refractivity contribution in [2.24, 2.45) is 46.3 Å². The summed E-state index contributed by atoms with van der Waals surface area (Å²) in [4.78, 5) is 11.5. The van der Waals surface area contributed by atoms with Crippen molar-refractivity contribution in [3.63, 3.8) is 0 Å². The summed E-state index contributed by atoms with van der Waals surface area (Å²) in [5.74, 6) is 3.70. The predicted octanol–water partition coefficient (Wildman–Crippen LogP) is 7.32. The first-order chi connectivity index (χ1) is 15.5. The minimum absolute atomic E-state index is 0.0747. The molecule has 4 aliphatic rings. The second kappa shape index (κ2) is 9.32. The summed E-state index contributed by atoms with van der Waals surface area (Å²) < 4.78 is 5.61. The molecule has 3 fully saturated rings. The Morgan fingerprint density at radius 3 is 2.48 bits per heavy atom. The Bertz CT molecular complexity index is 769. The quantitative estimate of drug-likeness (QED) is 0.335. The second-order valence-electron chi connectivity index (χ2n) is 13.3. The molecule has 6 unspecified atom stereocenters. The maximum absolute atomic E-state index is 11.7. The fourth-order valence-corrected chi connectivity index (χ4v) is 8.93. The number of carbonyl (C=O) groups excluding carboxylic acids is 1. The van der Waals surface area contributed by atoms with E-state index in [1.165, 1.54) is 39.0 Å². The van der Waals surface area contributed by atoms with Crippen LogP contribution in [0.25, 0.3) is 0 Å². The summed E-state index contributed by atoms with van der Waals surface area (Å²) in [6.07, 6.45) is 11.3. The number of hydrogen-bond donors (Lipinski definition) is 1. The van der Waals surface area contributed by atoms with Crippen molar-refractivity contribution in [2.75, 3.05) is 0 Å². The van der Waals surface area contributed by atoms with Crippen LogP contribution >= 0.6 is 0 Å². The zero-order chi connectivity index (χ0) is 24.1. The average molecular weight is 459 g/mol. The molecule has 0 aromatic heterocycles. The molecule has 188 valence electrons. The highest BCUT2D eigenvalue weighted by Gasteiger charge is 2.58. The van der Waals surface area contributed by atoms with Crippen molar-refractivity contribution >= 4 is 5.97 Å². The maximum Gasteiger partial charge on any atom is 0.302 e. The number of carbonyl (C=O) groups is 1. The minimum Gasteiger partial charge on any atom is -0.463 e. The highest BCUT2D eigenvalue weighted by Crippen LogP contribution is 2.66. The SMILES string of the molecule is CC(=O)OC1CCC2(C)C3C(=C4CCC([C@H](C)CC[C@H](C)C(C)C)C4(C)CC3O)CC[C@H]2C1. The van der Waals surface area contributed by atoms with Crippen molar-refractivity contribution in [3.8, 4) is 0 Å². The second-order valence-corrected chi connectivity index (χ2v) is 13.3. The Morgan fingerprint density at radius 1 is 1.09 bits per heavy atom. The molecule has 3 saturated carbocycles. The molecule has 0 aromatic carbocycles. The molecule has 0 amide bonds. The van der Waals surface area contributed by atoms with Crippen LogP contribution in [0.2, 0.25) is 0 Å². The predicted molar refractivity (Wildman–Crippen MR) is 135 cm³/mol. The van der Waals surface area contributed by atoms with Gasteiger partial charge in [-0.15, -0.1) is 0 Å². The smallest absolute Gasteiger partial charge is 0.302 e. The van der Waals surface area contributed by atoms with Crippen molar-refractivity contribution in [1.29, 1.82) is 0 Å². The number of rotatable bonds is 6. The molecule has 0 bridgehead atoms. The molecule has 4 aliphatic carbocycles. The summed E-state index contributed by atoms with van der Waals surface area (Å²) >= 11 is 0. The van der Waals surface area contributed by atoms with Crippen LogP contribution in [0.4, 0.5) is 0 Å². The van der Waals surface area contributed by atoms with Crippen LogP contribution in [0, 0.1) is 46.3 Å². The first-order valence-corrected chi connectivity index (χ1v) is 14.0. The van der Waals surface area contributed by atoms with Gasteiger partial charge in [0, 0.05) is 12.8 Å². The van der Waals surface area contributed by atoms with Gasteiger partial charge in [-0.3, -0.25) is 4.79 Å². The van der Waals surface area contributed by atoms with Crippen molar-refractivity contribution in [2.45, 2.75) is 125 Å². The molecule has 1 N–H and O–H groups in total. The van der Waals surface area contributed by atoms with Crippen LogP contribution in [0.5, 0.6) is 0 Å². The fourth-order valence-electron chi connectivity index (χ4n) is 8.93. The summed E-state index contributed by atoms with van der Waals surface area (Å²) in [6, 6.07) is 0. The third-order valence-corrected chi connectivity index (χ3v) is 11.2. The topological polar surface area (TPSA) is 46.5 Å². The van der Waals surface area contributed by atoms with Crippen LogP contribution in [0.15, 0.2) is 11.1 Å². The van der Waals surface area contributed by atoms with E-state index in [1.54, 1.807) is 11.1 Å². The number of ether oxygens (including phenoxy) is 1. The molecule has 0 aromatic rings. The Balaban J connectivity index is 1.54. The maximum atomic E-state index is 11.7. The van der Waals surface area contributed by atoms with E-state index in [0.717, 1.165) is 49.9 Å². The van der Waals surface area contributed by atoms with Gasteiger partial charge in [-0.1, -0.05) is 65.5 Å². The van der Waals surface area contributed by atoms with Crippen LogP contribution in [-0.4, -0.2) is 23.3 Å². The van der Waals surface area contributed by atoms with Gasteiger partial charge in [-0.25, -0.2) is 0 Å². The van der Waals surface area contributed by atoms with Gasteiger partial charge in [0.05, 0.1) is 6.10 Å². The molecule has 0 aliphatic heterocycles. The molecule has 9 atom stereocenters. The van der Waals surface area contributed by atoms with E-state index in [1.807, 2.05) is 0 Å². The van der Waals surface area contributed by atoms with Gasteiger partial charge in [-0.05, 0) is 91.8 Å². The molecule has 3 nitrogen and oxygen atoms in total. The Labute approximate surface area is 203 Å². The first-order valence-electron chi connectivity index (χ1n) is 14.0. The number of fused-ring (bicyclic) bond motifs is 4. The largest absolute Gasteiger partial charge is 0.463 e. The molecule has 33 heavy (non-hydrogen) atoms. The monoisotopic (exact) mass is 458 g/mol. The lowest BCUT2D eigenvalue weighted by Gasteiger charge is -2.58. The third-order valence-electron chi connectivity index (χ3n) is 11.2. The van der Waals surface area contributed by atoms with Crippen molar-refractivity contribution in [1.82, 2.24) is 0 Å². The van der Waals surface area contributed by atoms with E-state index in [4.69, 9.17) is 4.74 Å². The fraction of sp³-hybridized carbons (Fsp3) is 0.900. The van der Waals surface area contributed by atoms with Gasteiger partial charge in [0.15, 0.2) is 0 Å². The Morgan fingerprint density at radius 2 is 1.82 bits per heavy atom. The number of aliphatic hydroxyl groups excluding tert-OH is 1. The van der Waals surface area contributed by atoms with E-state index < -0.39 is 0 Å². The molecular formula is C30H50O3. The van der Waals surface area contributed by atoms with Crippen molar-refractivity contribution < 1.29 is 14.6 Å². The van der Waals surface area contributed by atoms with Gasteiger partial charge in [0.2, 0.25) is 0 Å². The molecule has 0 saturated heterocycles. The van der Waals surface area contributed by atoms with E-state index in [2.05, 4.69) is 41.5 Å². The molecular weight excluding hydrogens is 408 g/mol. The lowest BCUT2D eigenvalue weighted by atomic mass is 9.48. The molecule has 0 spiro atoms. The molecule has 0 heterocycles. The average Bonchev–Trinajstić information content (AvgIpc) is 3.07. The summed E-state index contributed by atoms with van der Waals surface area (Å²) in [5.41, 5.74) is 3.72. The normalized spacial score (nSPS) is 42.4. The molecule has 3 heteroatoms. The highest BCUT2D eigenvalue weighted by molar-refractivity contribution is 5.66. The van der Waals surface area contributed by atoms with E-state index in [-0.39, 0.29) is 29.0 Å². The number of aliphatic hydroxyl groups is 1. The van der Waals surface area contributed by atoms with Gasteiger partial charge < -0.3 is 9.84 Å². The Hall–Kier alpha value is -0.830. The van der Waals surface area contributed by atoms with E-state index >= 15 is 0 Å². The number of hydrogen-bond acceptors (Lipinski definition) is 3. The molecule has 4 rings (SSSR count). The van der Waals surface area contributed by atoms with Gasteiger partial charge in [-0.2, -0.15) is 0 Å². The summed E-state index contributed by atoms with van der Waals surface area (Å²) in [7, 11) is 0. The van der Waals surface area contributed by atoms with Crippen LogP contribution in [-0.2, 0) is 9.53 Å². The van der Waals surface area contributed by atoms with Crippen LogP contribution in [0.1, 0.15) is 113 Å². The zero-order valence-corrected chi connectivity index (χ0v) is 22.5.